The third kappa shape index (κ3) is 4.86. The Morgan fingerprint density at radius 2 is 1.82 bits per heavy atom. The van der Waals surface area contributed by atoms with Crippen molar-refractivity contribution in [3.05, 3.63) is 98.5 Å². The van der Waals surface area contributed by atoms with Crippen LogP contribution in [0.15, 0.2) is 55.1 Å². The summed E-state index contributed by atoms with van der Waals surface area (Å²) < 4.78 is 7.68. The van der Waals surface area contributed by atoms with Crippen molar-refractivity contribution in [3.63, 3.8) is 0 Å². The number of nitrogens with one attached hydrogen (secondary N) is 1. The molecule has 196 valence electrons. The number of alkyl carbamates (subject to hydrolysis) is 1. The van der Waals surface area contributed by atoms with Crippen LogP contribution in [0.2, 0.25) is 0 Å². The standard InChI is InChI=1S/C30H32N4O3S/c1-30(2,36)28-31-15-25(38-28)26(33-29(35)37-17-19-8-4-3-5-9-19)24-16-34(18-32-24)27-22-12-6-10-20(22)14-21-11-7-13-23(21)27/h3-5,8-9,14-16,18,26,36H,6-7,10-13,17H2,1-2H3,(H,33,35). The number of aromatic nitrogens is 3. The molecule has 2 aromatic carbocycles. The third-order valence-corrected chi connectivity index (χ3v) is 8.78. The van der Waals surface area contributed by atoms with Gasteiger partial charge in [0, 0.05) is 12.4 Å². The van der Waals surface area contributed by atoms with Crippen molar-refractivity contribution in [2.24, 2.45) is 0 Å². The number of thiazole rings is 1. The number of hydrogen-bond acceptors (Lipinski definition) is 6. The number of amides is 1. The average Bonchev–Trinajstić information content (AvgIpc) is 3.71. The first-order valence-electron chi connectivity index (χ1n) is 13.2. The maximum absolute atomic E-state index is 12.9. The van der Waals surface area contributed by atoms with Crippen molar-refractivity contribution >= 4 is 17.4 Å². The molecular formula is C30H32N4O3S. The summed E-state index contributed by atoms with van der Waals surface area (Å²) in [7, 11) is 0. The lowest BCUT2D eigenvalue weighted by Crippen LogP contribution is -2.29. The van der Waals surface area contributed by atoms with Gasteiger partial charge in [-0.25, -0.2) is 14.8 Å². The number of hydrogen-bond donors (Lipinski definition) is 2. The van der Waals surface area contributed by atoms with E-state index in [9.17, 15) is 9.90 Å². The zero-order chi connectivity index (χ0) is 26.3. The maximum atomic E-state index is 12.9. The number of rotatable bonds is 7. The largest absolute Gasteiger partial charge is 0.445 e. The Morgan fingerprint density at radius 3 is 2.47 bits per heavy atom. The summed E-state index contributed by atoms with van der Waals surface area (Å²) in [5.74, 6) is 0. The van der Waals surface area contributed by atoms with E-state index < -0.39 is 17.7 Å². The molecule has 6 rings (SSSR count). The fourth-order valence-corrected chi connectivity index (χ4v) is 6.56. The molecule has 0 spiro atoms. The summed E-state index contributed by atoms with van der Waals surface area (Å²) in [5, 5.41) is 14.1. The number of aliphatic hydroxyl groups is 1. The van der Waals surface area contributed by atoms with Crippen molar-refractivity contribution in [1.82, 2.24) is 19.9 Å². The lowest BCUT2D eigenvalue weighted by molar-refractivity contribution is 0.0783. The van der Waals surface area contributed by atoms with E-state index in [2.05, 4.69) is 20.9 Å². The number of benzene rings is 2. The number of imidazole rings is 1. The molecule has 2 aliphatic carbocycles. The Bertz CT molecular complexity index is 1440. The maximum Gasteiger partial charge on any atom is 0.408 e. The molecule has 8 heteroatoms. The molecule has 1 atom stereocenters. The van der Waals surface area contributed by atoms with E-state index in [0.29, 0.717) is 10.7 Å². The van der Waals surface area contributed by atoms with Crippen molar-refractivity contribution in [2.45, 2.75) is 70.6 Å². The Hall–Kier alpha value is -3.49. The molecule has 0 saturated carbocycles. The molecule has 1 unspecified atom stereocenters. The van der Waals surface area contributed by atoms with E-state index in [4.69, 9.17) is 9.72 Å². The van der Waals surface area contributed by atoms with Crippen LogP contribution in [0.1, 0.15) is 76.1 Å². The first-order valence-corrected chi connectivity index (χ1v) is 14.0. The summed E-state index contributed by atoms with van der Waals surface area (Å²) in [5.41, 5.74) is 7.61. The van der Waals surface area contributed by atoms with Gasteiger partial charge in [-0.3, -0.25) is 0 Å². The number of carbonyl (C=O) groups is 1. The number of fused-ring (bicyclic) bond motifs is 2. The second-order valence-corrected chi connectivity index (χ2v) is 11.7. The summed E-state index contributed by atoms with van der Waals surface area (Å²) >= 11 is 1.36. The molecule has 2 N–H and O–H groups in total. The van der Waals surface area contributed by atoms with Crippen LogP contribution in [-0.2, 0) is 42.6 Å². The zero-order valence-electron chi connectivity index (χ0n) is 21.7. The molecule has 0 aliphatic heterocycles. The highest BCUT2D eigenvalue weighted by Gasteiger charge is 2.29. The van der Waals surface area contributed by atoms with E-state index in [1.807, 2.05) is 42.9 Å². The lowest BCUT2D eigenvalue weighted by Gasteiger charge is -2.17. The number of carbonyl (C=O) groups excluding carboxylic acids is 1. The van der Waals surface area contributed by atoms with E-state index in [-0.39, 0.29) is 6.61 Å². The molecule has 0 fully saturated rings. The lowest BCUT2D eigenvalue weighted by atomic mass is 9.98. The molecule has 38 heavy (non-hydrogen) atoms. The number of nitrogens with zero attached hydrogens (tertiary/aromatic N) is 3. The highest BCUT2D eigenvalue weighted by Crippen LogP contribution is 2.38. The van der Waals surface area contributed by atoms with Gasteiger partial charge in [-0.05, 0) is 80.2 Å². The predicted molar refractivity (Wildman–Crippen MR) is 147 cm³/mol. The van der Waals surface area contributed by atoms with Crippen LogP contribution in [-0.4, -0.2) is 25.7 Å². The van der Waals surface area contributed by atoms with Crippen LogP contribution in [0, 0.1) is 0 Å². The van der Waals surface area contributed by atoms with Gasteiger partial charge in [0.2, 0.25) is 0 Å². The Labute approximate surface area is 226 Å². The first-order chi connectivity index (χ1) is 18.4. The molecule has 0 bridgehead atoms. The van der Waals surface area contributed by atoms with E-state index >= 15 is 0 Å². The quantitative estimate of drug-likeness (QED) is 0.328. The second-order valence-electron chi connectivity index (χ2n) is 10.7. The Morgan fingerprint density at radius 1 is 1.11 bits per heavy atom. The smallest absolute Gasteiger partial charge is 0.408 e. The van der Waals surface area contributed by atoms with Gasteiger partial charge in [0.1, 0.15) is 23.3 Å². The van der Waals surface area contributed by atoms with Gasteiger partial charge in [-0.2, -0.15) is 0 Å². The van der Waals surface area contributed by atoms with Crippen molar-refractivity contribution < 1.29 is 14.6 Å². The van der Waals surface area contributed by atoms with Gasteiger partial charge in [0.25, 0.3) is 0 Å². The highest BCUT2D eigenvalue weighted by atomic mass is 32.1. The van der Waals surface area contributed by atoms with E-state index in [1.165, 1.54) is 52.1 Å². The molecule has 2 aromatic heterocycles. The topological polar surface area (TPSA) is 89.3 Å². The van der Waals surface area contributed by atoms with Crippen molar-refractivity contribution in [2.75, 3.05) is 0 Å². The fraction of sp³-hybridized carbons (Fsp3) is 0.367. The fourth-order valence-electron chi connectivity index (χ4n) is 5.58. The van der Waals surface area contributed by atoms with Gasteiger partial charge in [-0.15, -0.1) is 11.3 Å². The van der Waals surface area contributed by atoms with Crippen molar-refractivity contribution in [3.8, 4) is 5.69 Å². The minimum atomic E-state index is -1.08. The zero-order valence-corrected chi connectivity index (χ0v) is 22.6. The normalized spacial score (nSPS) is 15.2. The number of aryl methyl sites for hydroxylation is 2. The first kappa shape index (κ1) is 24.8. The van der Waals surface area contributed by atoms with Crippen LogP contribution < -0.4 is 5.32 Å². The number of ether oxygens (including phenoxy) is 1. The van der Waals surface area contributed by atoms with Crippen LogP contribution in [0.3, 0.4) is 0 Å². The van der Waals surface area contributed by atoms with Crippen LogP contribution >= 0.6 is 11.3 Å². The summed E-state index contributed by atoms with van der Waals surface area (Å²) in [6.07, 6.45) is 11.9. The second kappa shape index (κ2) is 10.0. The summed E-state index contributed by atoms with van der Waals surface area (Å²) in [6, 6.07) is 11.5. The minimum absolute atomic E-state index is 0.174. The molecule has 4 aromatic rings. The monoisotopic (exact) mass is 528 g/mol. The van der Waals surface area contributed by atoms with Gasteiger partial charge >= 0.3 is 6.09 Å². The summed E-state index contributed by atoms with van der Waals surface area (Å²) in [4.78, 5) is 22.9. The molecular weight excluding hydrogens is 496 g/mol. The molecule has 7 nitrogen and oxygen atoms in total. The van der Waals surface area contributed by atoms with Gasteiger partial charge in [0.15, 0.2) is 0 Å². The van der Waals surface area contributed by atoms with Gasteiger partial charge < -0.3 is 19.7 Å². The van der Waals surface area contributed by atoms with E-state index in [1.54, 1.807) is 20.0 Å². The molecule has 0 saturated heterocycles. The molecule has 0 radical (unpaired) electrons. The van der Waals surface area contributed by atoms with Crippen LogP contribution in [0.25, 0.3) is 5.69 Å². The van der Waals surface area contributed by atoms with Gasteiger partial charge in [0.05, 0.1) is 22.6 Å². The summed E-state index contributed by atoms with van der Waals surface area (Å²) in [6.45, 7) is 3.59. The average molecular weight is 529 g/mol. The van der Waals surface area contributed by atoms with E-state index in [0.717, 1.165) is 36.1 Å². The molecule has 2 heterocycles. The SMILES string of the molecule is CC(C)(O)c1ncc(C(NC(=O)OCc2ccccc2)c2cn(-c3c4c(cc5c3CCC5)CCC4)cn2)s1. The third-order valence-electron chi connectivity index (χ3n) is 7.40. The van der Waals surface area contributed by atoms with Crippen LogP contribution in [0.5, 0.6) is 0 Å². The van der Waals surface area contributed by atoms with Crippen molar-refractivity contribution in [1.29, 1.82) is 0 Å². The Kier molecular flexibility index (Phi) is 6.53. The highest BCUT2D eigenvalue weighted by molar-refractivity contribution is 7.11. The van der Waals surface area contributed by atoms with Gasteiger partial charge in [-0.1, -0.05) is 36.4 Å². The molecule has 2 aliphatic rings. The van der Waals surface area contributed by atoms with Crippen LogP contribution in [0.4, 0.5) is 4.79 Å². The Balaban J connectivity index is 1.33. The minimum Gasteiger partial charge on any atom is -0.445 e. The molecule has 1 amide bonds. The predicted octanol–water partition coefficient (Wildman–Crippen LogP) is 5.55.